The molecule has 3 heterocycles. The normalized spacial score (nSPS) is 11.5. The highest BCUT2D eigenvalue weighted by atomic mass is 32.1. The molecule has 0 unspecified atom stereocenters. The van der Waals surface area contributed by atoms with E-state index in [0.29, 0.717) is 5.95 Å². The van der Waals surface area contributed by atoms with Crippen molar-refractivity contribution in [2.45, 2.75) is 0 Å². The monoisotopic (exact) mass is 883 g/mol. The number of hydrogen-bond acceptors (Lipinski definition) is 3. The second-order valence-electron chi connectivity index (χ2n) is 17.3. The van der Waals surface area contributed by atoms with Crippen molar-refractivity contribution < 1.29 is 0 Å². The molecule has 0 saturated carbocycles. The lowest BCUT2D eigenvalue weighted by Gasteiger charge is -2.16. The second kappa shape index (κ2) is 16.6. The highest BCUT2D eigenvalue weighted by Gasteiger charge is 2.20. The van der Waals surface area contributed by atoms with E-state index in [9.17, 15) is 0 Å². The van der Waals surface area contributed by atoms with Gasteiger partial charge in [-0.3, -0.25) is 4.57 Å². The van der Waals surface area contributed by atoms with Gasteiger partial charge in [-0.05, 0) is 80.4 Å². The van der Waals surface area contributed by atoms with E-state index in [-0.39, 0.29) is 0 Å². The SMILES string of the molecule is c1ccc(-c2ccc(-c3cc(-c4ccc(-c5ccccc5)cc4)nc(-n4c5ccccc5c5cc(-c6ccccc6-c6ccccc6-c6cccc7c6sc6ccccc67)ccc54)n3)cc2)cc1. The number of thiophene rings is 1. The first-order valence-corrected chi connectivity index (χ1v) is 23.9. The summed E-state index contributed by atoms with van der Waals surface area (Å²) in [7, 11) is 0. The van der Waals surface area contributed by atoms with E-state index >= 15 is 0 Å². The van der Waals surface area contributed by atoms with Crippen molar-refractivity contribution in [3.63, 3.8) is 0 Å². The number of benzene rings is 10. The predicted octanol–water partition coefficient (Wildman–Crippen LogP) is 17.6. The van der Waals surface area contributed by atoms with Crippen LogP contribution in [0.25, 0.3) is 126 Å². The average molecular weight is 884 g/mol. The Morgan fingerprint density at radius 2 is 0.721 bits per heavy atom. The van der Waals surface area contributed by atoms with Crippen LogP contribution in [0.5, 0.6) is 0 Å². The van der Waals surface area contributed by atoms with Crippen molar-refractivity contribution in [3.05, 3.63) is 249 Å². The summed E-state index contributed by atoms with van der Waals surface area (Å²) in [5, 5.41) is 4.90. The summed E-state index contributed by atoms with van der Waals surface area (Å²) in [5.74, 6) is 0.625. The van der Waals surface area contributed by atoms with Gasteiger partial charge in [-0.15, -0.1) is 11.3 Å². The molecule has 0 amide bonds. The first kappa shape index (κ1) is 39.6. The van der Waals surface area contributed by atoms with E-state index in [4.69, 9.17) is 9.97 Å². The minimum absolute atomic E-state index is 0.625. The summed E-state index contributed by atoms with van der Waals surface area (Å²) in [6.07, 6.45) is 0. The van der Waals surface area contributed by atoms with E-state index in [0.717, 1.165) is 61.0 Å². The zero-order chi connectivity index (χ0) is 45.0. The molecule has 0 aliphatic rings. The molecule has 13 aromatic rings. The van der Waals surface area contributed by atoms with Crippen molar-refractivity contribution in [3.8, 4) is 84.1 Å². The number of hydrogen-bond donors (Lipinski definition) is 0. The summed E-state index contributed by atoms with van der Waals surface area (Å²) in [5.41, 5.74) is 17.8. The van der Waals surface area contributed by atoms with Gasteiger partial charge in [0.15, 0.2) is 0 Å². The van der Waals surface area contributed by atoms with Gasteiger partial charge >= 0.3 is 0 Å². The van der Waals surface area contributed by atoms with E-state index in [2.05, 4.69) is 253 Å². The van der Waals surface area contributed by atoms with E-state index in [1.807, 2.05) is 11.3 Å². The minimum atomic E-state index is 0.625. The predicted molar refractivity (Wildman–Crippen MR) is 287 cm³/mol. The minimum Gasteiger partial charge on any atom is -0.278 e. The smallest absolute Gasteiger partial charge is 0.235 e. The molecule has 0 aliphatic heterocycles. The number of nitrogens with zero attached hydrogens (tertiary/aromatic N) is 3. The van der Waals surface area contributed by atoms with Crippen LogP contribution in [-0.4, -0.2) is 14.5 Å². The Morgan fingerprint density at radius 3 is 1.37 bits per heavy atom. The molecule has 0 spiro atoms. The van der Waals surface area contributed by atoms with Gasteiger partial charge in [0.05, 0.1) is 22.4 Å². The maximum absolute atomic E-state index is 5.40. The zero-order valence-electron chi connectivity index (χ0n) is 36.9. The molecule has 0 bridgehead atoms. The lowest BCUT2D eigenvalue weighted by atomic mass is 9.89. The Bertz CT molecular complexity index is 3900. The van der Waals surface area contributed by atoms with Crippen molar-refractivity contribution in [2.75, 3.05) is 0 Å². The van der Waals surface area contributed by atoms with Gasteiger partial charge in [-0.1, -0.05) is 218 Å². The molecule has 3 aromatic heterocycles. The van der Waals surface area contributed by atoms with Gasteiger partial charge in [-0.25, -0.2) is 9.97 Å². The van der Waals surface area contributed by atoms with Crippen molar-refractivity contribution in [1.82, 2.24) is 14.5 Å². The van der Waals surface area contributed by atoms with Gasteiger partial charge < -0.3 is 0 Å². The first-order valence-electron chi connectivity index (χ1n) is 23.1. The van der Waals surface area contributed by atoms with Crippen molar-refractivity contribution >= 4 is 53.3 Å². The molecule has 0 saturated heterocycles. The third-order valence-corrected chi connectivity index (χ3v) is 14.5. The molecular formula is C64H41N3S. The molecule has 0 aliphatic carbocycles. The Morgan fingerprint density at radius 1 is 0.279 bits per heavy atom. The Balaban J connectivity index is 0.956. The number of para-hydroxylation sites is 1. The number of fused-ring (bicyclic) bond motifs is 6. The molecule has 68 heavy (non-hydrogen) atoms. The standard InChI is InChI=1S/C64H41N3S/c1-3-16-42(17-4-1)44-30-34-46(35-31-44)58-41-59(47-36-32-45(33-37-47)43-18-5-2-6-19-43)66-64(65-58)67-60-28-13-11-24-53(60)57-40-48(38-39-61(57)67)49-20-7-8-21-50(49)51-22-9-10-23-52(51)55-26-15-27-56-54-25-12-14-29-62(54)68-63(55)56/h1-41H. The van der Waals surface area contributed by atoms with Crippen LogP contribution < -0.4 is 0 Å². The van der Waals surface area contributed by atoms with Crippen LogP contribution in [0.1, 0.15) is 0 Å². The zero-order valence-corrected chi connectivity index (χ0v) is 37.7. The third kappa shape index (κ3) is 6.90. The molecule has 0 N–H and O–H groups in total. The highest BCUT2D eigenvalue weighted by molar-refractivity contribution is 7.26. The molecule has 0 radical (unpaired) electrons. The first-order chi connectivity index (χ1) is 33.7. The van der Waals surface area contributed by atoms with Crippen molar-refractivity contribution in [2.24, 2.45) is 0 Å². The van der Waals surface area contributed by atoms with E-state index in [1.165, 1.54) is 59.1 Å². The maximum Gasteiger partial charge on any atom is 0.235 e. The van der Waals surface area contributed by atoms with E-state index < -0.39 is 0 Å². The topological polar surface area (TPSA) is 30.7 Å². The van der Waals surface area contributed by atoms with Gasteiger partial charge in [-0.2, -0.15) is 0 Å². The van der Waals surface area contributed by atoms with Gasteiger partial charge in [0.25, 0.3) is 0 Å². The average Bonchev–Trinajstić information content (AvgIpc) is 3.97. The third-order valence-electron chi connectivity index (χ3n) is 13.3. The maximum atomic E-state index is 5.40. The quantitative estimate of drug-likeness (QED) is 0.152. The van der Waals surface area contributed by atoms with Crippen LogP contribution >= 0.6 is 11.3 Å². The molecule has 13 rings (SSSR count). The summed E-state index contributed by atoms with van der Waals surface area (Å²) in [4.78, 5) is 10.8. The molecule has 4 heteroatoms. The van der Waals surface area contributed by atoms with E-state index in [1.54, 1.807) is 0 Å². The number of aromatic nitrogens is 3. The molecular weight excluding hydrogens is 843 g/mol. The van der Waals surface area contributed by atoms with Crippen LogP contribution in [-0.2, 0) is 0 Å². The summed E-state index contributed by atoms with van der Waals surface area (Å²) >= 11 is 1.88. The Labute approximate surface area is 398 Å². The second-order valence-corrected chi connectivity index (χ2v) is 18.3. The van der Waals surface area contributed by atoms with Crippen LogP contribution in [0, 0.1) is 0 Å². The van der Waals surface area contributed by atoms with Crippen LogP contribution in [0.3, 0.4) is 0 Å². The summed E-state index contributed by atoms with van der Waals surface area (Å²) in [6, 6.07) is 89.3. The van der Waals surface area contributed by atoms with Crippen molar-refractivity contribution in [1.29, 1.82) is 0 Å². The van der Waals surface area contributed by atoms with Crippen LogP contribution in [0.15, 0.2) is 249 Å². The van der Waals surface area contributed by atoms with Gasteiger partial charge in [0.2, 0.25) is 5.95 Å². The highest BCUT2D eigenvalue weighted by Crippen LogP contribution is 2.45. The molecule has 318 valence electrons. The lowest BCUT2D eigenvalue weighted by Crippen LogP contribution is -2.04. The largest absolute Gasteiger partial charge is 0.278 e. The molecule has 0 fully saturated rings. The fraction of sp³-hybridized carbons (Fsp3) is 0. The van der Waals surface area contributed by atoms with Gasteiger partial charge in [0, 0.05) is 47.6 Å². The molecule has 10 aromatic carbocycles. The Kier molecular flexibility index (Phi) is 9.69. The fourth-order valence-corrected chi connectivity index (χ4v) is 11.2. The summed E-state index contributed by atoms with van der Waals surface area (Å²) < 4.78 is 4.87. The lowest BCUT2D eigenvalue weighted by molar-refractivity contribution is 0.995. The fourth-order valence-electron chi connectivity index (χ4n) is 10.00. The molecule has 3 nitrogen and oxygen atoms in total. The number of rotatable bonds is 8. The summed E-state index contributed by atoms with van der Waals surface area (Å²) in [6.45, 7) is 0. The Hall–Kier alpha value is -8.70. The molecule has 0 atom stereocenters. The van der Waals surface area contributed by atoms with Gasteiger partial charge in [0.1, 0.15) is 0 Å². The van der Waals surface area contributed by atoms with Crippen LogP contribution in [0.2, 0.25) is 0 Å². The van der Waals surface area contributed by atoms with Crippen LogP contribution in [0.4, 0.5) is 0 Å².